The van der Waals surface area contributed by atoms with Gasteiger partial charge < -0.3 is 5.73 Å². The van der Waals surface area contributed by atoms with Gasteiger partial charge in [0.05, 0.1) is 5.52 Å². The van der Waals surface area contributed by atoms with Crippen LogP contribution >= 0.6 is 0 Å². The molecule has 2 atom stereocenters. The molecular formula is C19H18N2. The second kappa shape index (κ2) is 4.97. The molecule has 104 valence electrons. The molecule has 0 amide bonds. The maximum atomic E-state index is 6.43. The third kappa shape index (κ3) is 2.22. The minimum atomic E-state index is 0.0907. The van der Waals surface area contributed by atoms with Gasteiger partial charge in [0.1, 0.15) is 0 Å². The summed E-state index contributed by atoms with van der Waals surface area (Å²) in [6.07, 6.45) is 4.01. The van der Waals surface area contributed by atoms with Crippen LogP contribution in [0.2, 0.25) is 0 Å². The first kappa shape index (κ1) is 12.5. The zero-order chi connectivity index (χ0) is 14.2. The Morgan fingerprint density at radius 3 is 2.90 bits per heavy atom. The fourth-order valence-electron chi connectivity index (χ4n) is 3.34. The molecule has 1 heterocycles. The van der Waals surface area contributed by atoms with Crippen LogP contribution < -0.4 is 5.73 Å². The van der Waals surface area contributed by atoms with E-state index in [-0.39, 0.29) is 6.04 Å². The van der Waals surface area contributed by atoms with Gasteiger partial charge in [-0.05, 0) is 53.6 Å². The summed E-state index contributed by atoms with van der Waals surface area (Å²) in [5.41, 5.74) is 11.6. The quantitative estimate of drug-likeness (QED) is 0.785. The van der Waals surface area contributed by atoms with Crippen LogP contribution in [0.5, 0.6) is 0 Å². The van der Waals surface area contributed by atoms with Crippen LogP contribution in [0.4, 0.5) is 0 Å². The van der Waals surface area contributed by atoms with Crippen LogP contribution in [0.1, 0.15) is 35.1 Å². The van der Waals surface area contributed by atoms with Crippen LogP contribution in [-0.2, 0) is 6.42 Å². The van der Waals surface area contributed by atoms with E-state index in [0.717, 1.165) is 11.9 Å². The smallest absolute Gasteiger partial charge is 0.0702 e. The van der Waals surface area contributed by atoms with Gasteiger partial charge in [-0.25, -0.2) is 0 Å². The predicted molar refractivity (Wildman–Crippen MR) is 86.2 cm³/mol. The minimum Gasteiger partial charge on any atom is -0.324 e. The van der Waals surface area contributed by atoms with Gasteiger partial charge >= 0.3 is 0 Å². The molecule has 1 aliphatic rings. The highest BCUT2D eigenvalue weighted by Gasteiger charge is 2.27. The molecule has 2 unspecified atom stereocenters. The molecule has 0 radical (unpaired) electrons. The highest BCUT2D eigenvalue weighted by atomic mass is 14.7. The Kier molecular flexibility index (Phi) is 2.97. The van der Waals surface area contributed by atoms with Crippen LogP contribution in [0.3, 0.4) is 0 Å². The monoisotopic (exact) mass is 274 g/mol. The van der Waals surface area contributed by atoms with E-state index in [1.807, 2.05) is 12.3 Å². The zero-order valence-electron chi connectivity index (χ0n) is 11.9. The van der Waals surface area contributed by atoms with Gasteiger partial charge in [0.15, 0.2) is 0 Å². The number of aromatic nitrogens is 1. The van der Waals surface area contributed by atoms with Gasteiger partial charge in [-0.1, -0.05) is 36.4 Å². The summed E-state index contributed by atoms with van der Waals surface area (Å²) in [6.45, 7) is 0. The molecule has 0 fully saturated rings. The van der Waals surface area contributed by atoms with Gasteiger partial charge in [0, 0.05) is 17.6 Å². The average Bonchev–Trinajstić information content (AvgIpc) is 2.52. The number of pyridine rings is 1. The molecule has 0 spiro atoms. The number of rotatable bonds is 3. The lowest BCUT2D eigenvalue weighted by Crippen LogP contribution is -2.22. The van der Waals surface area contributed by atoms with Gasteiger partial charge in [-0.3, -0.25) is 4.98 Å². The summed E-state index contributed by atoms with van der Waals surface area (Å²) in [7, 11) is 0. The summed E-state index contributed by atoms with van der Waals surface area (Å²) in [5.74, 6) is 0.612. The van der Waals surface area contributed by atoms with Crippen molar-refractivity contribution in [2.45, 2.75) is 24.8 Å². The van der Waals surface area contributed by atoms with E-state index in [4.69, 9.17) is 5.73 Å². The molecule has 2 N–H and O–H groups in total. The fraction of sp³-hybridized carbons (Fsp3) is 0.211. The van der Waals surface area contributed by atoms with Crippen LogP contribution in [0.25, 0.3) is 10.9 Å². The maximum Gasteiger partial charge on any atom is 0.0702 e. The Labute approximate surface area is 124 Å². The van der Waals surface area contributed by atoms with Crippen molar-refractivity contribution in [3.05, 3.63) is 77.5 Å². The predicted octanol–water partition coefficient (Wildman–Crippen LogP) is 3.96. The third-order valence-corrected chi connectivity index (χ3v) is 4.55. The maximum absolute atomic E-state index is 6.43. The molecule has 21 heavy (non-hydrogen) atoms. The molecule has 2 heteroatoms. The van der Waals surface area contributed by atoms with E-state index in [2.05, 4.69) is 53.5 Å². The minimum absolute atomic E-state index is 0.0907. The summed E-state index contributed by atoms with van der Waals surface area (Å²) < 4.78 is 0. The van der Waals surface area contributed by atoms with Gasteiger partial charge in [0.2, 0.25) is 0 Å². The number of fused-ring (bicyclic) bond motifs is 2. The van der Waals surface area contributed by atoms with E-state index in [9.17, 15) is 0 Å². The van der Waals surface area contributed by atoms with Crippen molar-refractivity contribution in [1.29, 1.82) is 0 Å². The molecule has 2 nitrogen and oxygen atoms in total. The highest BCUT2D eigenvalue weighted by molar-refractivity contribution is 5.79. The molecule has 2 aromatic carbocycles. The van der Waals surface area contributed by atoms with E-state index in [0.29, 0.717) is 5.92 Å². The van der Waals surface area contributed by atoms with E-state index in [1.54, 1.807) is 0 Å². The Morgan fingerprint density at radius 2 is 2.00 bits per heavy atom. The lowest BCUT2D eigenvalue weighted by molar-refractivity contribution is 0.498. The van der Waals surface area contributed by atoms with Crippen molar-refractivity contribution in [2.75, 3.05) is 0 Å². The number of hydrogen-bond donors (Lipinski definition) is 1. The average molecular weight is 274 g/mol. The van der Waals surface area contributed by atoms with Crippen molar-refractivity contribution in [3.8, 4) is 0 Å². The molecule has 0 bridgehead atoms. The molecule has 4 rings (SSSR count). The first-order valence-electron chi connectivity index (χ1n) is 7.49. The van der Waals surface area contributed by atoms with Gasteiger partial charge in [-0.2, -0.15) is 0 Å². The normalized spacial score (nSPS) is 18.0. The number of benzene rings is 2. The fourth-order valence-corrected chi connectivity index (χ4v) is 3.34. The summed E-state index contributed by atoms with van der Waals surface area (Å²) >= 11 is 0. The van der Waals surface area contributed by atoms with Gasteiger partial charge in [-0.15, -0.1) is 0 Å². The first-order chi connectivity index (χ1) is 10.3. The Morgan fingerprint density at radius 1 is 1.10 bits per heavy atom. The molecule has 1 aliphatic carbocycles. The SMILES string of the molecule is NC(CC1Cc2ccccc21)c1ccc2ncccc2c1. The van der Waals surface area contributed by atoms with E-state index < -0.39 is 0 Å². The summed E-state index contributed by atoms with van der Waals surface area (Å²) in [4.78, 5) is 4.36. The Bertz CT molecular complexity index is 794. The molecule has 0 aliphatic heterocycles. The standard InChI is InChI=1S/C19H18N2/c20-18(12-16-10-13-4-1-2-6-17(13)16)14-7-8-19-15(11-14)5-3-9-21-19/h1-9,11,16,18H,10,12,20H2. The van der Waals surface area contributed by atoms with Crippen LogP contribution in [-0.4, -0.2) is 4.98 Å². The molecular weight excluding hydrogens is 256 g/mol. The third-order valence-electron chi connectivity index (χ3n) is 4.55. The topological polar surface area (TPSA) is 38.9 Å². The molecule has 1 aromatic heterocycles. The zero-order valence-corrected chi connectivity index (χ0v) is 11.9. The lowest BCUT2D eigenvalue weighted by atomic mass is 9.74. The molecule has 0 saturated heterocycles. The van der Waals surface area contributed by atoms with Gasteiger partial charge in [0.25, 0.3) is 0 Å². The Balaban J connectivity index is 1.56. The van der Waals surface area contributed by atoms with E-state index >= 15 is 0 Å². The Hall–Kier alpha value is -2.19. The number of hydrogen-bond acceptors (Lipinski definition) is 2. The van der Waals surface area contributed by atoms with Crippen molar-refractivity contribution in [1.82, 2.24) is 4.98 Å². The molecule has 3 aromatic rings. The summed E-state index contributed by atoms with van der Waals surface area (Å²) in [6, 6.07) is 19.2. The van der Waals surface area contributed by atoms with Crippen LogP contribution in [0.15, 0.2) is 60.8 Å². The molecule has 0 saturated carbocycles. The van der Waals surface area contributed by atoms with Crippen molar-refractivity contribution in [2.24, 2.45) is 5.73 Å². The van der Waals surface area contributed by atoms with Crippen molar-refractivity contribution < 1.29 is 0 Å². The van der Waals surface area contributed by atoms with Crippen molar-refractivity contribution in [3.63, 3.8) is 0 Å². The van der Waals surface area contributed by atoms with Crippen molar-refractivity contribution >= 4 is 10.9 Å². The second-order valence-electron chi connectivity index (χ2n) is 5.90. The second-order valence-corrected chi connectivity index (χ2v) is 5.90. The summed E-state index contributed by atoms with van der Waals surface area (Å²) in [5, 5.41) is 1.17. The number of nitrogens with zero attached hydrogens (tertiary/aromatic N) is 1. The largest absolute Gasteiger partial charge is 0.324 e. The highest BCUT2D eigenvalue weighted by Crippen LogP contribution is 2.40. The first-order valence-corrected chi connectivity index (χ1v) is 7.49. The number of nitrogens with two attached hydrogens (primary N) is 1. The van der Waals surface area contributed by atoms with E-state index in [1.165, 1.54) is 28.5 Å². The van der Waals surface area contributed by atoms with Crippen LogP contribution in [0, 0.1) is 0 Å². The lowest BCUT2D eigenvalue weighted by Gasteiger charge is -2.32.